The fourth-order valence-electron chi connectivity index (χ4n) is 2.74. The average Bonchev–Trinajstić information content (AvgIpc) is 2.58. The molecule has 1 fully saturated rings. The van der Waals surface area contributed by atoms with E-state index in [4.69, 9.17) is 0 Å². The van der Waals surface area contributed by atoms with E-state index in [2.05, 4.69) is 5.32 Å². The second-order valence-corrected chi connectivity index (χ2v) is 5.50. The van der Waals surface area contributed by atoms with Crippen molar-refractivity contribution in [1.29, 1.82) is 0 Å². The van der Waals surface area contributed by atoms with Crippen molar-refractivity contribution in [2.24, 2.45) is 0 Å². The smallest absolute Gasteiger partial charge is 0.250 e. The fourth-order valence-corrected chi connectivity index (χ4v) is 2.74. The summed E-state index contributed by atoms with van der Waals surface area (Å²) in [5.41, 5.74) is 0.244. The Morgan fingerprint density at radius 2 is 1.92 bits per heavy atom. The average molecular weight is 329 g/mol. The van der Waals surface area contributed by atoms with E-state index in [1.165, 1.54) is 46.0 Å². The molecule has 0 aliphatic carbocycles. The lowest BCUT2D eigenvalue weighted by Gasteiger charge is -2.35. The molecule has 1 saturated heterocycles. The molecule has 0 spiro atoms. The number of benzene rings is 1. The molecular formula is C17H16FN3O3. The number of hydrogen-bond donors (Lipinski definition) is 1. The lowest BCUT2D eigenvalue weighted by molar-refractivity contribution is -0.144. The first-order chi connectivity index (χ1) is 11.6. The molecule has 1 aliphatic heterocycles. The van der Waals surface area contributed by atoms with Gasteiger partial charge in [-0.3, -0.25) is 14.4 Å². The molecule has 1 unspecified atom stereocenters. The number of carbonyl (C=O) groups is 2. The van der Waals surface area contributed by atoms with E-state index >= 15 is 0 Å². The Morgan fingerprint density at radius 3 is 2.62 bits per heavy atom. The third kappa shape index (κ3) is 3.19. The van der Waals surface area contributed by atoms with Gasteiger partial charge in [-0.05, 0) is 23.8 Å². The lowest BCUT2D eigenvalue weighted by atomic mass is 10.0. The van der Waals surface area contributed by atoms with Gasteiger partial charge in [0.05, 0.1) is 0 Å². The van der Waals surface area contributed by atoms with Crippen LogP contribution in [0.3, 0.4) is 0 Å². The molecule has 3 rings (SSSR count). The molecule has 2 aromatic rings. The number of nitrogens with one attached hydrogen (secondary N) is 1. The Hall–Kier alpha value is -2.96. The number of piperazine rings is 1. The summed E-state index contributed by atoms with van der Waals surface area (Å²) >= 11 is 0. The van der Waals surface area contributed by atoms with Gasteiger partial charge in [-0.15, -0.1) is 0 Å². The summed E-state index contributed by atoms with van der Waals surface area (Å²) in [4.78, 5) is 38.1. The van der Waals surface area contributed by atoms with Gasteiger partial charge in [0, 0.05) is 25.4 Å². The molecule has 0 radical (unpaired) electrons. The van der Waals surface area contributed by atoms with E-state index in [1.807, 2.05) is 0 Å². The maximum atomic E-state index is 13.1. The predicted octanol–water partition coefficient (Wildman–Crippen LogP) is 0.687. The highest BCUT2D eigenvalue weighted by Crippen LogP contribution is 2.24. The largest absolute Gasteiger partial charge is 0.352 e. The van der Waals surface area contributed by atoms with Crippen molar-refractivity contribution in [3.63, 3.8) is 0 Å². The second kappa shape index (κ2) is 6.66. The molecule has 1 N–H and O–H groups in total. The van der Waals surface area contributed by atoms with E-state index in [0.29, 0.717) is 18.7 Å². The van der Waals surface area contributed by atoms with Crippen LogP contribution >= 0.6 is 0 Å². The van der Waals surface area contributed by atoms with Crippen LogP contribution in [-0.2, 0) is 16.1 Å². The van der Waals surface area contributed by atoms with Gasteiger partial charge in [-0.1, -0.05) is 18.2 Å². The van der Waals surface area contributed by atoms with E-state index in [0.717, 1.165) is 0 Å². The standard InChI is InChI=1S/C17H16FN3O3/c18-13-6-4-12(5-7-13)16-17(24)19-8-10-21(16)15(23)11-20-9-2-1-3-14(20)22/h1-7,9,16H,8,10-11H2,(H,19,24). The van der Waals surface area contributed by atoms with Crippen molar-refractivity contribution in [3.05, 3.63) is 70.4 Å². The van der Waals surface area contributed by atoms with E-state index in [-0.39, 0.29) is 23.9 Å². The van der Waals surface area contributed by atoms with Crippen LogP contribution in [0.4, 0.5) is 4.39 Å². The number of halogens is 1. The van der Waals surface area contributed by atoms with Gasteiger partial charge in [-0.2, -0.15) is 0 Å². The summed E-state index contributed by atoms with van der Waals surface area (Å²) in [5, 5.41) is 2.71. The van der Waals surface area contributed by atoms with Gasteiger partial charge in [0.25, 0.3) is 5.56 Å². The van der Waals surface area contributed by atoms with Crippen LogP contribution < -0.4 is 10.9 Å². The van der Waals surface area contributed by atoms with Gasteiger partial charge in [0.2, 0.25) is 11.8 Å². The van der Waals surface area contributed by atoms with Crippen LogP contribution in [0.25, 0.3) is 0 Å². The van der Waals surface area contributed by atoms with Crippen LogP contribution in [-0.4, -0.2) is 34.4 Å². The minimum atomic E-state index is -0.828. The number of aromatic nitrogens is 1. The Bertz CT molecular complexity index is 816. The van der Waals surface area contributed by atoms with Crippen molar-refractivity contribution < 1.29 is 14.0 Å². The first kappa shape index (κ1) is 15.9. The molecule has 1 aromatic heterocycles. The summed E-state index contributed by atoms with van der Waals surface area (Å²) < 4.78 is 14.4. The third-order valence-electron chi connectivity index (χ3n) is 3.92. The highest BCUT2D eigenvalue weighted by molar-refractivity contribution is 5.89. The molecule has 1 atom stereocenters. The van der Waals surface area contributed by atoms with E-state index in [1.54, 1.807) is 12.1 Å². The minimum absolute atomic E-state index is 0.148. The fraction of sp³-hybridized carbons (Fsp3) is 0.235. The molecule has 1 aromatic carbocycles. The van der Waals surface area contributed by atoms with Gasteiger partial charge in [0.15, 0.2) is 0 Å². The number of amides is 2. The molecule has 0 saturated carbocycles. The van der Waals surface area contributed by atoms with Gasteiger partial charge in [-0.25, -0.2) is 4.39 Å². The molecule has 7 heteroatoms. The zero-order valence-electron chi connectivity index (χ0n) is 12.8. The zero-order chi connectivity index (χ0) is 17.1. The van der Waals surface area contributed by atoms with Crippen LogP contribution in [0.15, 0.2) is 53.5 Å². The number of nitrogens with zero attached hydrogens (tertiary/aromatic N) is 2. The Morgan fingerprint density at radius 1 is 1.17 bits per heavy atom. The summed E-state index contributed by atoms with van der Waals surface area (Å²) in [7, 11) is 0. The normalized spacial score (nSPS) is 17.5. The second-order valence-electron chi connectivity index (χ2n) is 5.50. The molecule has 24 heavy (non-hydrogen) atoms. The van der Waals surface area contributed by atoms with Crippen molar-refractivity contribution in [1.82, 2.24) is 14.8 Å². The zero-order valence-corrected chi connectivity index (χ0v) is 12.8. The van der Waals surface area contributed by atoms with Gasteiger partial charge >= 0.3 is 0 Å². The summed E-state index contributed by atoms with van der Waals surface area (Å²) in [6.07, 6.45) is 1.52. The highest BCUT2D eigenvalue weighted by atomic mass is 19.1. The predicted molar refractivity (Wildman–Crippen MR) is 84.6 cm³/mol. The maximum Gasteiger partial charge on any atom is 0.250 e. The molecule has 2 amide bonds. The van der Waals surface area contributed by atoms with Crippen molar-refractivity contribution in [2.45, 2.75) is 12.6 Å². The summed E-state index contributed by atoms with van der Waals surface area (Å²) in [6, 6.07) is 9.27. The number of carbonyl (C=O) groups excluding carboxylic acids is 2. The number of pyridine rings is 1. The summed E-state index contributed by atoms with van der Waals surface area (Å²) in [5.74, 6) is -1.07. The topological polar surface area (TPSA) is 71.4 Å². The quantitative estimate of drug-likeness (QED) is 0.900. The Balaban J connectivity index is 1.87. The lowest BCUT2D eigenvalue weighted by Crippen LogP contribution is -2.53. The van der Waals surface area contributed by atoms with E-state index in [9.17, 15) is 18.8 Å². The highest BCUT2D eigenvalue weighted by Gasteiger charge is 2.34. The Labute approximate surface area is 137 Å². The molecule has 2 heterocycles. The van der Waals surface area contributed by atoms with Crippen LogP contribution in [0.1, 0.15) is 11.6 Å². The first-order valence-corrected chi connectivity index (χ1v) is 7.54. The summed E-state index contributed by atoms with van der Waals surface area (Å²) in [6.45, 7) is 0.519. The number of hydrogen-bond acceptors (Lipinski definition) is 3. The van der Waals surface area contributed by atoms with Crippen LogP contribution in [0, 0.1) is 5.82 Å². The molecule has 1 aliphatic rings. The van der Waals surface area contributed by atoms with Crippen molar-refractivity contribution in [2.75, 3.05) is 13.1 Å². The van der Waals surface area contributed by atoms with Gasteiger partial charge in [0.1, 0.15) is 18.4 Å². The Kier molecular flexibility index (Phi) is 4.41. The minimum Gasteiger partial charge on any atom is -0.352 e. The van der Waals surface area contributed by atoms with Crippen LogP contribution in [0.2, 0.25) is 0 Å². The molecular weight excluding hydrogens is 313 g/mol. The molecule has 124 valence electrons. The maximum absolute atomic E-state index is 13.1. The van der Waals surface area contributed by atoms with E-state index < -0.39 is 11.9 Å². The van der Waals surface area contributed by atoms with Gasteiger partial charge < -0.3 is 14.8 Å². The third-order valence-corrected chi connectivity index (χ3v) is 3.92. The number of rotatable bonds is 3. The first-order valence-electron chi connectivity index (χ1n) is 7.54. The SMILES string of the molecule is O=C1NCCN(C(=O)Cn2ccccc2=O)C1c1ccc(F)cc1. The van der Waals surface area contributed by atoms with Crippen molar-refractivity contribution in [3.8, 4) is 0 Å². The molecule has 0 bridgehead atoms. The molecule has 6 nitrogen and oxygen atoms in total. The van der Waals surface area contributed by atoms with Crippen LogP contribution in [0.5, 0.6) is 0 Å². The van der Waals surface area contributed by atoms with Crippen molar-refractivity contribution >= 4 is 11.8 Å². The monoisotopic (exact) mass is 329 g/mol.